The average molecular weight is 185 g/mol. The summed E-state index contributed by atoms with van der Waals surface area (Å²) >= 11 is 0. The molecule has 72 valence electrons. The topological polar surface area (TPSA) is 23.8 Å². The molecule has 1 fully saturated rings. The Morgan fingerprint density at radius 1 is 1.00 bits per heavy atom. The van der Waals surface area contributed by atoms with Gasteiger partial charge in [-0.05, 0) is 37.2 Å². The zero-order chi connectivity index (χ0) is 9.80. The second-order valence-corrected chi connectivity index (χ2v) is 4.09. The number of nitrogens with zero attached hydrogens (tertiary/aromatic N) is 1. The van der Waals surface area contributed by atoms with Gasteiger partial charge in [-0.25, -0.2) is 0 Å². The summed E-state index contributed by atoms with van der Waals surface area (Å²) in [7, 11) is 0. The van der Waals surface area contributed by atoms with Gasteiger partial charge < -0.3 is 0 Å². The van der Waals surface area contributed by atoms with E-state index in [1.54, 1.807) is 0 Å². The Morgan fingerprint density at radius 2 is 1.64 bits per heavy atom. The standard InChI is InChI=1S/C13H15N/c14-10-11-6-8-13(9-7-11)12-4-2-1-3-5-12/h1-5,11,13H,6-9H2/t11-,13-. The minimum Gasteiger partial charge on any atom is -0.198 e. The smallest absolute Gasteiger partial charge is 0.0655 e. The number of rotatable bonds is 1. The third-order valence-electron chi connectivity index (χ3n) is 3.18. The Kier molecular flexibility index (Phi) is 2.84. The maximum absolute atomic E-state index is 8.80. The van der Waals surface area contributed by atoms with E-state index in [0.717, 1.165) is 12.8 Å². The van der Waals surface area contributed by atoms with Crippen molar-refractivity contribution in [3.8, 4) is 6.07 Å². The van der Waals surface area contributed by atoms with Crippen molar-refractivity contribution in [1.82, 2.24) is 0 Å². The second-order valence-electron chi connectivity index (χ2n) is 4.09. The van der Waals surface area contributed by atoms with E-state index < -0.39 is 0 Å². The van der Waals surface area contributed by atoms with E-state index in [9.17, 15) is 0 Å². The van der Waals surface area contributed by atoms with Crippen molar-refractivity contribution in [2.75, 3.05) is 0 Å². The lowest BCUT2D eigenvalue weighted by Crippen LogP contribution is -2.11. The SMILES string of the molecule is N#C[C@H]1CC[C@H](c2ccccc2)CC1. The molecule has 0 unspecified atom stereocenters. The van der Waals surface area contributed by atoms with Crippen molar-refractivity contribution in [2.45, 2.75) is 31.6 Å². The van der Waals surface area contributed by atoms with Gasteiger partial charge in [0.25, 0.3) is 0 Å². The minimum absolute atomic E-state index is 0.315. The first-order chi connectivity index (χ1) is 6.90. The van der Waals surface area contributed by atoms with Gasteiger partial charge in [-0.15, -0.1) is 0 Å². The molecule has 1 aromatic carbocycles. The molecular formula is C13H15N. The summed E-state index contributed by atoms with van der Waals surface area (Å²) in [5.74, 6) is 1.01. The molecule has 1 aliphatic carbocycles. The maximum atomic E-state index is 8.80. The molecule has 1 saturated carbocycles. The van der Waals surface area contributed by atoms with Crippen molar-refractivity contribution in [1.29, 1.82) is 5.26 Å². The Morgan fingerprint density at radius 3 is 2.21 bits per heavy atom. The van der Waals surface area contributed by atoms with Gasteiger partial charge >= 0.3 is 0 Å². The van der Waals surface area contributed by atoms with Crippen molar-refractivity contribution in [3.05, 3.63) is 35.9 Å². The van der Waals surface area contributed by atoms with Crippen LogP contribution in [-0.2, 0) is 0 Å². The molecule has 1 heteroatoms. The van der Waals surface area contributed by atoms with Crippen LogP contribution in [0.15, 0.2) is 30.3 Å². The quantitative estimate of drug-likeness (QED) is 0.657. The molecule has 0 atom stereocenters. The van der Waals surface area contributed by atoms with Gasteiger partial charge in [-0.3, -0.25) is 0 Å². The monoisotopic (exact) mass is 185 g/mol. The highest BCUT2D eigenvalue weighted by atomic mass is 14.3. The lowest BCUT2D eigenvalue weighted by atomic mass is 9.79. The van der Waals surface area contributed by atoms with Crippen molar-refractivity contribution in [2.24, 2.45) is 5.92 Å². The highest BCUT2D eigenvalue weighted by Crippen LogP contribution is 2.35. The summed E-state index contributed by atoms with van der Waals surface area (Å²) < 4.78 is 0. The molecule has 0 saturated heterocycles. The Hall–Kier alpha value is -1.29. The minimum atomic E-state index is 0.315. The summed E-state index contributed by atoms with van der Waals surface area (Å²) in [6.07, 6.45) is 4.52. The molecule has 0 radical (unpaired) electrons. The van der Waals surface area contributed by atoms with Crippen molar-refractivity contribution < 1.29 is 0 Å². The van der Waals surface area contributed by atoms with Crippen LogP contribution >= 0.6 is 0 Å². The Balaban J connectivity index is 2.00. The molecule has 0 aromatic heterocycles. The summed E-state index contributed by atoms with van der Waals surface area (Å²) in [4.78, 5) is 0. The highest BCUT2D eigenvalue weighted by molar-refractivity contribution is 5.20. The zero-order valence-electron chi connectivity index (χ0n) is 8.32. The van der Waals surface area contributed by atoms with E-state index in [1.807, 2.05) is 0 Å². The zero-order valence-corrected chi connectivity index (χ0v) is 8.32. The molecule has 1 aliphatic rings. The molecule has 0 aliphatic heterocycles. The molecule has 1 nitrogen and oxygen atoms in total. The molecule has 0 spiro atoms. The molecule has 14 heavy (non-hydrogen) atoms. The Labute approximate surface area is 85.4 Å². The summed E-state index contributed by atoms with van der Waals surface area (Å²) in [6.45, 7) is 0. The lowest BCUT2D eigenvalue weighted by Gasteiger charge is -2.24. The predicted molar refractivity (Wildman–Crippen MR) is 56.8 cm³/mol. The normalized spacial score (nSPS) is 26.8. The van der Waals surface area contributed by atoms with Crippen molar-refractivity contribution in [3.63, 3.8) is 0 Å². The van der Waals surface area contributed by atoms with Gasteiger partial charge in [0, 0.05) is 5.92 Å². The van der Waals surface area contributed by atoms with E-state index in [4.69, 9.17) is 5.26 Å². The van der Waals surface area contributed by atoms with Gasteiger partial charge in [0.05, 0.1) is 6.07 Å². The molecule has 2 rings (SSSR count). The first-order valence-electron chi connectivity index (χ1n) is 5.34. The lowest BCUT2D eigenvalue weighted by molar-refractivity contribution is 0.382. The molecule has 0 amide bonds. The van der Waals surface area contributed by atoms with Crippen molar-refractivity contribution >= 4 is 0 Å². The van der Waals surface area contributed by atoms with Gasteiger partial charge in [0.15, 0.2) is 0 Å². The van der Waals surface area contributed by atoms with Crippen LogP contribution in [-0.4, -0.2) is 0 Å². The molecule has 0 heterocycles. The summed E-state index contributed by atoms with van der Waals surface area (Å²) in [6, 6.07) is 13.1. The fraction of sp³-hybridized carbons (Fsp3) is 0.462. The van der Waals surface area contributed by atoms with Gasteiger partial charge in [0.1, 0.15) is 0 Å². The first-order valence-corrected chi connectivity index (χ1v) is 5.34. The van der Waals surface area contributed by atoms with Gasteiger partial charge in [0.2, 0.25) is 0 Å². The highest BCUT2D eigenvalue weighted by Gasteiger charge is 2.21. The maximum Gasteiger partial charge on any atom is 0.0655 e. The number of hydrogen-bond donors (Lipinski definition) is 0. The number of hydrogen-bond acceptors (Lipinski definition) is 1. The van der Waals surface area contributed by atoms with Crippen LogP contribution in [0.4, 0.5) is 0 Å². The molecule has 1 aromatic rings. The Bertz CT molecular complexity index is 315. The fourth-order valence-electron chi connectivity index (χ4n) is 2.28. The van der Waals surface area contributed by atoms with Crippen LogP contribution in [0.3, 0.4) is 0 Å². The van der Waals surface area contributed by atoms with Crippen LogP contribution < -0.4 is 0 Å². The van der Waals surface area contributed by atoms with Crippen LogP contribution in [0.2, 0.25) is 0 Å². The van der Waals surface area contributed by atoms with E-state index in [1.165, 1.54) is 18.4 Å². The van der Waals surface area contributed by atoms with E-state index in [0.29, 0.717) is 11.8 Å². The van der Waals surface area contributed by atoms with Gasteiger partial charge in [-0.2, -0.15) is 5.26 Å². The van der Waals surface area contributed by atoms with Gasteiger partial charge in [-0.1, -0.05) is 30.3 Å². The largest absolute Gasteiger partial charge is 0.198 e. The van der Waals surface area contributed by atoms with Crippen LogP contribution in [0.5, 0.6) is 0 Å². The van der Waals surface area contributed by atoms with E-state index >= 15 is 0 Å². The molecule has 0 bridgehead atoms. The number of nitriles is 1. The molecular weight excluding hydrogens is 170 g/mol. The van der Waals surface area contributed by atoms with Crippen LogP contribution in [0.25, 0.3) is 0 Å². The van der Waals surface area contributed by atoms with E-state index in [2.05, 4.69) is 36.4 Å². The average Bonchev–Trinajstić information content (AvgIpc) is 2.30. The van der Waals surface area contributed by atoms with Crippen LogP contribution in [0.1, 0.15) is 37.2 Å². The fourth-order valence-corrected chi connectivity index (χ4v) is 2.28. The third-order valence-corrected chi connectivity index (χ3v) is 3.18. The predicted octanol–water partition coefficient (Wildman–Crippen LogP) is 3.48. The van der Waals surface area contributed by atoms with Crippen LogP contribution in [0, 0.1) is 17.2 Å². The second kappa shape index (κ2) is 4.28. The summed E-state index contributed by atoms with van der Waals surface area (Å²) in [5.41, 5.74) is 1.45. The first kappa shape index (κ1) is 9.27. The third kappa shape index (κ3) is 1.96. The number of benzene rings is 1. The molecule has 0 N–H and O–H groups in total. The van der Waals surface area contributed by atoms with E-state index in [-0.39, 0.29) is 0 Å². The summed E-state index contributed by atoms with van der Waals surface area (Å²) in [5, 5.41) is 8.80.